The van der Waals surface area contributed by atoms with Crippen molar-refractivity contribution in [3.63, 3.8) is 0 Å². The van der Waals surface area contributed by atoms with Crippen molar-refractivity contribution in [2.24, 2.45) is 0 Å². The molecule has 0 aliphatic carbocycles. The summed E-state index contributed by atoms with van der Waals surface area (Å²) in [5, 5.41) is 26.8. The van der Waals surface area contributed by atoms with Crippen molar-refractivity contribution >= 4 is 22.8 Å². The fourth-order valence-electron chi connectivity index (χ4n) is 1.83. The second kappa shape index (κ2) is 6.12. The molecule has 0 aliphatic rings. The molecule has 0 fully saturated rings. The Hall–Kier alpha value is -2.46. The molecule has 6 nitrogen and oxygen atoms in total. The minimum atomic E-state index is -0.607. The Labute approximate surface area is 119 Å². The minimum Gasteiger partial charge on any atom is -0.367 e. The lowest BCUT2D eigenvalue weighted by Gasteiger charge is -2.13. The van der Waals surface area contributed by atoms with Crippen LogP contribution in [0.2, 0.25) is 0 Å². The van der Waals surface area contributed by atoms with Crippen LogP contribution in [-0.4, -0.2) is 15.9 Å². The van der Waals surface area contributed by atoms with Gasteiger partial charge in [-0.25, -0.2) is 4.98 Å². The predicted molar refractivity (Wildman–Crippen MR) is 76.7 cm³/mol. The molecule has 20 heavy (non-hydrogen) atoms. The van der Waals surface area contributed by atoms with Crippen LogP contribution in [0.25, 0.3) is 0 Å². The molecule has 0 aliphatic heterocycles. The molecular formula is C13H12N4O2S. The highest BCUT2D eigenvalue weighted by Gasteiger charge is 2.16. The molecule has 2 rings (SSSR count). The van der Waals surface area contributed by atoms with Crippen LogP contribution in [0.5, 0.6) is 0 Å². The number of hydrogen-bond acceptors (Lipinski definition) is 6. The van der Waals surface area contributed by atoms with E-state index in [1.807, 2.05) is 18.4 Å². The molecule has 1 atom stereocenters. The SMILES string of the molecule is CC(Cc1ccsc1)Nc1ccc([N+](=O)[O-])c(C#N)n1. The van der Waals surface area contributed by atoms with Gasteiger partial charge in [0.2, 0.25) is 5.69 Å². The first-order valence-corrected chi connectivity index (χ1v) is 6.87. The largest absolute Gasteiger partial charge is 0.367 e. The Morgan fingerprint density at radius 1 is 1.55 bits per heavy atom. The third-order valence-corrected chi connectivity index (χ3v) is 3.42. The van der Waals surface area contributed by atoms with Gasteiger partial charge in [-0.1, -0.05) is 0 Å². The molecular weight excluding hydrogens is 276 g/mol. The fraction of sp³-hybridized carbons (Fsp3) is 0.231. The topological polar surface area (TPSA) is 91.9 Å². The molecule has 0 aromatic carbocycles. The number of hydrogen-bond donors (Lipinski definition) is 1. The van der Waals surface area contributed by atoms with Crippen molar-refractivity contribution in [1.82, 2.24) is 4.98 Å². The van der Waals surface area contributed by atoms with Crippen molar-refractivity contribution in [3.05, 3.63) is 50.3 Å². The average molecular weight is 288 g/mol. The van der Waals surface area contributed by atoms with Gasteiger partial charge in [-0.15, -0.1) is 0 Å². The molecule has 0 radical (unpaired) electrons. The molecule has 0 amide bonds. The van der Waals surface area contributed by atoms with Gasteiger partial charge in [0.05, 0.1) is 4.92 Å². The summed E-state index contributed by atoms with van der Waals surface area (Å²) in [6.45, 7) is 1.99. The standard InChI is InChI=1S/C13H12N4O2S/c1-9(6-10-4-5-20-8-10)15-13-3-2-12(17(18)19)11(7-14)16-13/h2-5,8-9H,6H2,1H3,(H,15,16). The maximum Gasteiger partial charge on any atom is 0.305 e. The molecule has 2 heterocycles. The first kappa shape index (κ1) is 14.0. The second-order valence-corrected chi connectivity index (χ2v) is 5.09. The molecule has 1 unspecified atom stereocenters. The van der Waals surface area contributed by atoms with E-state index in [0.717, 1.165) is 6.42 Å². The van der Waals surface area contributed by atoms with E-state index in [-0.39, 0.29) is 17.4 Å². The summed E-state index contributed by atoms with van der Waals surface area (Å²) < 4.78 is 0. The maximum absolute atomic E-state index is 10.7. The summed E-state index contributed by atoms with van der Waals surface area (Å²) in [4.78, 5) is 14.1. The van der Waals surface area contributed by atoms with Gasteiger partial charge in [0.15, 0.2) is 0 Å². The molecule has 0 saturated heterocycles. The van der Waals surface area contributed by atoms with Crippen LogP contribution in [0, 0.1) is 21.4 Å². The van der Waals surface area contributed by atoms with Crippen LogP contribution in [0.3, 0.4) is 0 Å². The van der Waals surface area contributed by atoms with E-state index in [4.69, 9.17) is 5.26 Å². The third kappa shape index (κ3) is 3.30. The lowest BCUT2D eigenvalue weighted by Crippen LogP contribution is -2.18. The Balaban J connectivity index is 2.10. The van der Waals surface area contributed by atoms with E-state index in [1.54, 1.807) is 17.4 Å². The van der Waals surface area contributed by atoms with Gasteiger partial charge >= 0.3 is 5.69 Å². The van der Waals surface area contributed by atoms with Gasteiger partial charge < -0.3 is 5.32 Å². The lowest BCUT2D eigenvalue weighted by atomic mass is 10.1. The van der Waals surface area contributed by atoms with Crippen molar-refractivity contribution in [3.8, 4) is 6.07 Å². The first-order valence-electron chi connectivity index (χ1n) is 5.93. The molecule has 0 spiro atoms. The zero-order chi connectivity index (χ0) is 14.5. The number of nitrogens with zero attached hydrogens (tertiary/aromatic N) is 3. The molecule has 102 valence electrons. The number of nitriles is 1. The number of rotatable bonds is 5. The summed E-state index contributed by atoms with van der Waals surface area (Å²) in [6, 6.07) is 6.72. The number of aromatic nitrogens is 1. The highest BCUT2D eigenvalue weighted by atomic mass is 32.1. The lowest BCUT2D eigenvalue weighted by molar-refractivity contribution is -0.385. The van der Waals surface area contributed by atoms with E-state index < -0.39 is 4.92 Å². The summed E-state index contributed by atoms with van der Waals surface area (Å²) in [5.74, 6) is 0.467. The van der Waals surface area contributed by atoms with Gasteiger partial charge in [0, 0.05) is 12.1 Å². The van der Waals surface area contributed by atoms with Crippen molar-refractivity contribution in [1.29, 1.82) is 5.26 Å². The normalized spacial score (nSPS) is 11.6. The zero-order valence-electron chi connectivity index (χ0n) is 10.7. The molecule has 0 bridgehead atoms. The van der Waals surface area contributed by atoms with Gasteiger partial charge in [-0.2, -0.15) is 16.6 Å². The Bertz CT molecular complexity index is 649. The van der Waals surface area contributed by atoms with Crippen LogP contribution in [0.1, 0.15) is 18.2 Å². The molecule has 1 N–H and O–H groups in total. The smallest absolute Gasteiger partial charge is 0.305 e. The predicted octanol–water partition coefficient (Wildman–Crippen LogP) is 2.97. The highest BCUT2D eigenvalue weighted by Crippen LogP contribution is 2.19. The average Bonchev–Trinajstić information content (AvgIpc) is 2.90. The van der Waals surface area contributed by atoms with Gasteiger partial charge in [-0.3, -0.25) is 10.1 Å². The molecule has 2 aromatic heterocycles. The number of thiophene rings is 1. The monoisotopic (exact) mass is 288 g/mol. The summed E-state index contributed by atoms with van der Waals surface area (Å²) in [5.41, 5.74) is 0.767. The van der Waals surface area contributed by atoms with E-state index in [0.29, 0.717) is 5.82 Å². The van der Waals surface area contributed by atoms with Crippen LogP contribution in [0.4, 0.5) is 11.5 Å². The quantitative estimate of drug-likeness (QED) is 0.674. The zero-order valence-corrected chi connectivity index (χ0v) is 11.6. The Morgan fingerprint density at radius 2 is 2.35 bits per heavy atom. The fourth-order valence-corrected chi connectivity index (χ4v) is 2.51. The van der Waals surface area contributed by atoms with Crippen LogP contribution in [-0.2, 0) is 6.42 Å². The van der Waals surface area contributed by atoms with Crippen LogP contribution in [0.15, 0.2) is 29.0 Å². The van der Waals surface area contributed by atoms with Crippen molar-refractivity contribution < 1.29 is 4.92 Å². The van der Waals surface area contributed by atoms with Gasteiger partial charge in [0.25, 0.3) is 0 Å². The van der Waals surface area contributed by atoms with Crippen LogP contribution >= 0.6 is 11.3 Å². The maximum atomic E-state index is 10.7. The molecule has 0 saturated carbocycles. The summed E-state index contributed by atoms with van der Waals surface area (Å²) in [7, 11) is 0. The highest BCUT2D eigenvalue weighted by molar-refractivity contribution is 7.07. The first-order chi connectivity index (χ1) is 9.60. The third-order valence-electron chi connectivity index (χ3n) is 2.69. The van der Waals surface area contributed by atoms with E-state index in [1.165, 1.54) is 17.7 Å². The number of pyridine rings is 1. The molecule has 7 heteroatoms. The van der Waals surface area contributed by atoms with E-state index in [2.05, 4.69) is 15.7 Å². The number of nitrogens with one attached hydrogen (secondary N) is 1. The van der Waals surface area contributed by atoms with Gasteiger partial charge in [0.1, 0.15) is 11.9 Å². The second-order valence-electron chi connectivity index (χ2n) is 4.31. The molecule has 2 aromatic rings. The summed E-state index contributed by atoms with van der Waals surface area (Å²) in [6.07, 6.45) is 0.823. The van der Waals surface area contributed by atoms with Gasteiger partial charge in [-0.05, 0) is 41.8 Å². The number of anilines is 1. The van der Waals surface area contributed by atoms with Crippen LogP contribution < -0.4 is 5.32 Å². The summed E-state index contributed by atoms with van der Waals surface area (Å²) >= 11 is 1.64. The van der Waals surface area contributed by atoms with E-state index >= 15 is 0 Å². The van der Waals surface area contributed by atoms with Crippen molar-refractivity contribution in [2.75, 3.05) is 5.32 Å². The Morgan fingerprint density at radius 3 is 2.95 bits per heavy atom. The Kier molecular flexibility index (Phi) is 4.27. The van der Waals surface area contributed by atoms with E-state index in [9.17, 15) is 10.1 Å². The van der Waals surface area contributed by atoms with Crippen molar-refractivity contribution in [2.45, 2.75) is 19.4 Å². The number of nitro groups is 1. The minimum absolute atomic E-state index is 0.116.